The molecule has 1 aliphatic carbocycles. The molecule has 1 saturated heterocycles. The Morgan fingerprint density at radius 1 is 1.06 bits per heavy atom. The maximum atomic E-state index is 12.5. The van der Waals surface area contributed by atoms with E-state index in [1.807, 2.05) is 11.8 Å². The van der Waals surface area contributed by atoms with Crippen molar-refractivity contribution in [3.63, 3.8) is 0 Å². The molecule has 1 aromatic rings. The topological polar surface area (TPSA) is 115 Å². The van der Waals surface area contributed by atoms with E-state index in [1.54, 1.807) is 18.5 Å². The van der Waals surface area contributed by atoms with Crippen LogP contribution in [0.4, 0.5) is 5.95 Å². The van der Waals surface area contributed by atoms with Crippen LogP contribution in [-0.4, -0.2) is 85.0 Å². The first-order chi connectivity index (χ1) is 14.7. The summed E-state index contributed by atoms with van der Waals surface area (Å²) in [6.07, 6.45) is 5.85. The predicted octanol–water partition coefficient (Wildman–Crippen LogP) is 0.215. The summed E-state index contributed by atoms with van der Waals surface area (Å²) in [7, 11) is 0. The SMILES string of the molecule is CCNC(=NCCC(=O)N1CCN(c2ncccn2)CC1)NCCNC(=O)C1CC1.I. The number of amides is 2. The second-order valence-electron chi connectivity index (χ2n) is 7.42. The molecule has 11 heteroatoms. The highest BCUT2D eigenvalue weighted by molar-refractivity contribution is 14.0. The average Bonchev–Trinajstić information content (AvgIpc) is 3.63. The summed E-state index contributed by atoms with van der Waals surface area (Å²) in [6.45, 7) is 7.11. The second kappa shape index (κ2) is 13.3. The number of piperazine rings is 1. The van der Waals surface area contributed by atoms with Gasteiger partial charge in [0.15, 0.2) is 5.96 Å². The molecule has 0 bridgehead atoms. The van der Waals surface area contributed by atoms with E-state index < -0.39 is 0 Å². The summed E-state index contributed by atoms with van der Waals surface area (Å²) in [6, 6.07) is 1.80. The van der Waals surface area contributed by atoms with E-state index in [2.05, 4.69) is 35.8 Å². The van der Waals surface area contributed by atoms with Crippen molar-refractivity contribution in [3.05, 3.63) is 18.5 Å². The van der Waals surface area contributed by atoms with Crippen molar-refractivity contribution in [2.45, 2.75) is 26.2 Å². The number of aromatic nitrogens is 2. The highest BCUT2D eigenvalue weighted by Gasteiger charge is 2.29. The van der Waals surface area contributed by atoms with Crippen LogP contribution in [0.2, 0.25) is 0 Å². The first kappa shape index (κ1) is 25.1. The highest BCUT2D eigenvalue weighted by atomic mass is 127. The van der Waals surface area contributed by atoms with Gasteiger partial charge in [0, 0.05) is 70.5 Å². The van der Waals surface area contributed by atoms with Gasteiger partial charge in [-0.2, -0.15) is 0 Å². The molecule has 0 unspecified atom stereocenters. The van der Waals surface area contributed by atoms with Crippen LogP contribution < -0.4 is 20.9 Å². The Kier molecular flexibility index (Phi) is 10.7. The Morgan fingerprint density at radius 3 is 2.39 bits per heavy atom. The van der Waals surface area contributed by atoms with E-state index in [4.69, 9.17) is 0 Å². The Labute approximate surface area is 200 Å². The number of carbonyl (C=O) groups is 2. The van der Waals surface area contributed by atoms with Crippen LogP contribution in [0.5, 0.6) is 0 Å². The molecule has 2 fully saturated rings. The van der Waals surface area contributed by atoms with Gasteiger partial charge in [-0.25, -0.2) is 9.97 Å². The minimum Gasteiger partial charge on any atom is -0.357 e. The molecule has 3 N–H and O–H groups in total. The first-order valence-corrected chi connectivity index (χ1v) is 10.8. The summed E-state index contributed by atoms with van der Waals surface area (Å²) in [4.78, 5) is 41.1. The number of hydrogen-bond donors (Lipinski definition) is 3. The number of nitrogens with zero attached hydrogens (tertiary/aromatic N) is 5. The van der Waals surface area contributed by atoms with Gasteiger partial charge in [0.05, 0.1) is 6.54 Å². The van der Waals surface area contributed by atoms with Gasteiger partial charge in [-0.05, 0) is 25.8 Å². The fraction of sp³-hybridized carbons (Fsp3) is 0.650. The van der Waals surface area contributed by atoms with Crippen LogP contribution in [0.25, 0.3) is 0 Å². The Bertz CT molecular complexity index is 721. The fourth-order valence-corrected chi connectivity index (χ4v) is 3.23. The number of nitrogens with one attached hydrogen (secondary N) is 3. The van der Waals surface area contributed by atoms with Crippen molar-refractivity contribution in [2.75, 3.05) is 57.3 Å². The molecular formula is C20H33IN8O2. The molecule has 1 saturated carbocycles. The normalized spacial score (nSPS) is 16.4. The molecule has 0 aromatic carbocycles. The predicted molar refractivity (Wildman–Crippen MR) is 131 cm³/mol. The van der Waals surface area contributed by atoms with Gasteiger partial charge >= 0.3 is 0 Å². The number of guanidine groups is 1. The molecule has 0 atom stereocenters. The third kappa shape index (κ3) is 8.46. The quantitative estimate of drug-likeness (QED) is 0.176. The largest absolute Gasteiger partial charge is 0.357 e. The minimum absolute atomic E-state index is 0. The van der Waals surface area contributed by atoms with Crippen LogP contribution in [0, 0.1) is 5.92 Å². The lowest BCUT2D eigenvalue weighted by Gasteiger charge is -2.34. The molecule has 3 rings (SSSR count). The third-order valence-corrected chi connectivity index (χ3v) is 5.07. The number of halogens is 1. The molecule has 0 spiro atoms. The molecule has 172 valence electrons. The van der Waals surface area contributed by atoms with E-state index in [0.29, 0.717) is 51.1 Å². The molecule has 1 aromatic heterocycles. The number of anilines is 1. The summed E-state index contributed by atoms with van der Waals surface area (Å²) < 4.78 is 0. The summed E-state index contributed by atoms with van der Waals surface area (Å²) in [5.41, 5.74) is 0. The van der Waals surface area contributed by atoms with Crippen LogP contribution in [0.1, 0.15) is 26.2 Å². The zero-order valence-corrected chi connectivity index (χ0v) is 20.4. The summed E-state index contributed by atoms with van der Waals surface area (Å²) in [5, 5.41) is 9.27. The maximum Gasteiger partial charge on any atom is 0.225 e. The highest BCUT2D eigenvalue weighted by Crippen LogP contribution is 2.28. The van der Waals surface area contributed by atoms with Crippen molar-refractivity contribution in [3.8, 4) is 0 Å². The van der Waals surface area contributed by atoms with Gasteiger partial charge in [-0.1, -0.05) is 0 Å². The standard InChI is InChI=1S/C20H32N8O2.HI/c1-2-21-19(24-11-10-22-18(30)16-4-5-16)23-9-6-17(29)27-12-14-28(15-13-27)20-25-7-3-8-26-20;/h3,7-8,16H,2,4-6,9-15H2,1H3,(H,22,30)(H2,21,23,24);1H. The molecule has 10 nitrogen and oxygen atoms in total. The molecule has 2 amide bonds. The lowest BCUT2D eigenvalue weighted by Crippen LogP contribution is -2.49. The van der Waals surface area contributed by atoms with E-state index in [-0.39, 0.29) is 41.7 Å². The molecule has 0 radical (unpaired) electrons. The van der Waals surface area contributed by atoms with Gasteiger partial charge in [-0.15, -0.1) is 24.0 Å². The van der Waals surface area contributed by atoms with E-state index >= 15 is 0 Å². The average molecular weight is 544 g/mol. The zero-order valence-electron chi connectivity index (χ0n) is 18.0. The van der Waals surface area contributed by atoms with Gasteiger partial charge in [0.1, 0.15) is 0 Å². The van der Waals surface area contributed by atoms with Crippen LogP contribution >= 0.6 is 24.0 Å². The first-order valence-electron chi connectivity index (χ1n) is 10.8. The Balaban J connectivity index is 0.00000341. The number of rotatable bonds is 9. The molecule has 1 aliphatic heterocycles. The molecule has 2 aliphatic rings. The van der Waals surface area contributed by atoms with Crippen LogP contribution in [-0.2, 0) is 9.59 Å². The van der Waals surface area contributed by atoms with E-state index in [1.165, 1.54) is 0 Å². The second-order valence-corrected chi connectivity index (χ2v) is 7.42. The van der Waals surface area contributed by atoms with Crippen molar-refractivity contribution in [2.24, 2.45) is 10.9 Å². The molecule has 31 heavy (non-hydrogen) atoms. The van der Waals surface area contributed by atoms with Crippen molar-refractivity contribution >= 4 is 47.7 Å². The number of carbonyl (C=O) groups excluding carboxylic acids is 2. The zero-order chi connectivity index (χ0) is 21.2. The van der Waals surface area contributed by atoms with Crippen molar-refractivity contribution in [1.29, 1.82) is 0 Å². The molecule has 2 heterocycles. The smallest absolute Gasteiger partial charge is 0.225 e. The lowest BCUT2D eigenvalue weighted by molar-refractivity contribution is -0.131. The third-order valence-electron chi connectivity index (χ3n) is 5.07. The minimum atomic E-state index is 0. The maximum absolute atomic E-state index is 12.5. The van der Waals surface area contributed by atoms with Gasteiger partial charge in [0.25, 0.3) is 0 Å². The lowest BCUT2D eigenvalue weighted by atomic mass is 10.3. The van der Waals surface area contributed by atoms with Crippen molar-refractivity contribution in [1.82, 2.24) is 30.8 Å². The van der Waals surface area contributed by atoms with E-state index in [0.717, 1.165) is 32.5 Å². The van der Waals surface area contributed by atoms with E-state index in [9.17, 15) is 9.59 Å². The summed E-state index contributed by atoms with van der Waals surface area (Å²) in [5.74, 6) is 1.85. The monoisotopic (exact) mass is 544 g/mol. The fourth-order valence-electron chi connectivity index (χ4n) is 3.23. The van der Waals surface area contributed by atoms with Gasteiger partial charge in [0.2, 0.25) is 17.8 Å². The Hall–Kier alpha value is -2.18. The summed E-state index contributed by atoms with van der Waals surface area (Å²) >= 11 is 0. The number of aliphatic imine (C=N–C) groups is 1. The van der Waals surface area contributed by atoms with Gasteiger partial charge in [-0.3, -0.25) is 14.6 Å². The van der Waals surface area contributed by atoms with Gasteiger partial charge < -0.3 is 25.8 Å². The van der Waals surface area contributed by atoms with Crippen LogP contribution in [0.15, 0.2) is 23.5 Å². The Morgan fingerprint density at radius 2 is 1.74 bits per heavy atom. The van der Waals surface area contributed by atoms with Crippen molar-refractivity contribution < 1.29 is 9.59 Å². The number of hydrogen-bond acceptors (Lipinski definition) is 6. The molecular weight excluding hydrogens is 511 g/mol. The van der Waals surface area contributed by atoms with Crippen LogP contribution in [0.3, 0.4) is 0 Å².